The molecular weight excluding hydrogens is 164 g/mol. The number of nitrogens with zero attached hydrogens (tertiary/aromatic N) is 1. The molecule has 0 radical (unpaired) electrons. The third-order valence-corrected chi connectivity index (χ3v) is 2.16. The number of guanidine groups is 1. The molecular formula is C7H11F2N3. The molecule has 0 unspecified atom stereocenters. The van der Waals surface area contributed by atoms with Gasteiger partial charge in [0.15, 0.2) is 5.96 Å². The highest BCUT2D eigenvalue weighted by molar-refractivity contribution is 5.81. The smallest absolute Gasteiger partial charge is 0.243 e. The second kappa shape index (κ2) is 2.88. The Morgan fingerprint density at radius 2 is 2.42 bits per heavy atom. The lowest BCUT2D eigenvalue weighted by atomic mass is 10.4. The van der Waals surface area contributed by atoms with Crippen LogP contribution in [0.5, 0.6) is 0 Å². The molecule has 1 heterocycles. The summed E-state index contributed by atoms with van der Waals surface area (Å²) in [6.45, 7) is 1.56. The number of aliphatic imine (C=N–C) groups is 1. The minimum atomic E-state index is -2.19. The third-order valence-electron chi connectivity index (χ3n) is 2.16. The number of alkyl halides is 2. The molecule has 0 aromatic heterocycles. The van der Waals surface area contributed by atoms with Gasteiger partial charge in [0, 0.05) is 18.5 Å². The monoisotopic (exact) mass is 175 g/mol. The van der Waals surface area contributed by atoms with Crippen LogP contribution in [0.1, 0.15) is 6.42 Å². The Kier molecular flexibility index (Phi) is 1.86. The number of rotatable bonds is 2. The van der Waals surface area contributed by atoms with Crippen molar-refractivity contribution in [1.29, 1.82) is 0 Å². The first kappa shape index (κ1) is 7.76. The Balaban J connectivity index is 1.76. The molecule has 0 saturated heterocycles. The number of nitrogens with one attached hydrogen (secondary N) is 2. The van der Waals surface area contributed by atoms with Crippen LogP contribution in [-0.4, -0.2) is 31.5 Å². The molecule has 3 nitrogen and oxygen atoms in total. The highest BCUT2D eigenvalue weighted by Crippen LogP contribution is 2.35. The molecule has 0 aromatic rings. The zero-order valence-electron chi connectivity index (χ0n) is 6.56. The van der Waals surface area contributed by atoms with Crippen LogP contribution >= 0.6 is 0 Å². The van der Waals surface area contributed by atoms with Crippen molar-refractivity contribution in [3.63, 3.8) is 0 Å². The maximum Gasteiger partial charge on any atom is 0.243 e. The van der Waals surface area contributed by atoms with E-state index >= 15 is 0 Å². The third kappa shape index (κ3) is 1.49. The van der Waals surface area contributed by atoms with Gasteiger partial charge in [0.1, 0.15) is 0 Å². The fraction of sp³-hybridized carbons (Fsp3) is 0.857. The molecule has 12 heavy (non-hydrogen) atoms. The van der Waals surface area contributed by atoms with Crippen LogP contribution in [0.3, 0.4) is 0 Å². The standard InChI is InChI=1S/C7H11F2N3/c8-6(9)4-3-5(4)12-7-10-1-2-11-7/h4-6H,1-3H2,(H2,10,11,12)/t4-,5-/m0/s1. The van der Waals surface area contributed by atoms with Crippen molar-refractivity contribution in [1.82, 2.24) is 10.6 Å². The largest absolute Gasteiger partial charge is 0.355 e. The Hall–Kier alpha value is -0.870. The molecule has 0 bridgehead atoms. The molecule has 1 aliphatic heterocycles. The number of hydrogen-bond donors (Lipinski definition) is 2. The lowest BCUT2D eigenvalue weighted by Gasteiger charge is -2.04. The molecule has 68 valence electrons. The van der Waals surface area contributed by atoms with E-state index in [9.17, 15) is 8.78 Å². The van der Waals surface area contributed by atoms with Crippen LogP contribution in [0, 0.1) is 5.92 Å². The van der Waals surface area contributed by atoms with E-state index in [1.807, 2.05) is 0 Å². The van der Waals surface area contributed by atoms with Crippen LogP contribution in [0.15, 0.2) is 4.99 Å². The molecule has 2 rings (SSSR count). The Labute approximate surface area is 69.2 Å². The molecule has 5 heteroatoms. The van der Waals surface area contributed by atoms with Gasteiger partial charge in [-0.2, -0.15) is 0 Å². The molecule has 1 aliphatic carbocycles. The molecule has 2 aliphatic rings. The zero-order valence-corrected chi connectivity index (χ0v) is 6.56. The lowest BCUT2D eigenvalue weighted by molar-refractivity contribution is 0.119. The maximum absolute atomic E-state index is 12.0. The molecule has 1 saturated carbocycles. The van der Waals surface area contributed by atoms with E-state index in [1.54, 1.807) is 0 Å². The summed E-state index contributed by atoms with van der Waals surface area (Å²) in [5.41, 5.74) is 0. The van der Waals surface area contributed by atoms with Crippen LogP contribution in [-0.2, 0) is 0 Å². The summed E-state index contributed by atoms with van der Waals surface area (Å²) in [5, 5.41) is 5.92. The van der Waals surface area contributed by atoms with Crippen molar-refractivity contribution in [3.05, 3.63) is 0 Å². The average molecular weight is 175 g/mol. The van der Waals surface area contributed by atoms with Gasteiger partial charge in [-0.3, -0.25) is 4.99 Å². The summed E-state index contributed by atoms with van der Waals surface area (Å²) in [5.74, 6) is 0.221. The minimum absolute atomic E-state index is 0.0608. The SMILES string of the molecule is FC(F)[C@H]1C[C@@H]1NC1=NCCN1. The Morgan fingerprint density at radius 3 is 2.92 bits per heavy atom. The van der Waals surface area contributed by atoms with Crippen LogP contribution in [0.2, 0.25) is 0 Å². The van der Waals surface area contributed by atoms with Crippen LogP contribution in [0.25, 0.3) is 0 Å². The maximum atomic E-state index is 12.0. The molecule has 0 aromatic carbocycles. The van der Waals surface area contributed by atoms with Gasteiger partial charge in [-0.05, 0) is 6.42 Å². The van der Waals surface area contributed by atoms with E-state index < -0.39 is 12.3 Å². The minimum Gasteiger partial charge on any atom is -0.355 e. The van der Waals surface area contributed by atoms with Crippen LogP contribution in [0.4, 0.5) is 8.78 Å². The van der Waals surface area contributed by atoms with Crippen molar-refractivity contribution in [3.8, 4) is 0 Å². The van der Waals surface area contributed by atoms with Crippen LogP contribution < -0.4 is 10.6 Å². The van der Waals surface area contributed by atoms with Gasteiger partial charge in [0.25, 0.3) is 0 Å². The van der Waals surface area contributed by atoms with Gasteiger partial charge in [0.2, 0.25) is 6.43 Å². The normalized spacial score (nSPS) is 33.1. The second-order valence-corrected chi connectivity index (χ2v) is 3.14. The predicted octanol–water partition coefficient (Wildman–Crippen LogP) is 0.189. The lowest BCUT2D eigenvalue weighted by Crippen LogP contribution is -2.36. The number of hydrogen-bond acceptors (Lipinski definition) is 3. The summed E-state index contributed by atoms with van der Waals surface area (Å²) in [6.07, 6.45) is -1.62. The van der Waals surface area contributed by atoms with E-state index in [0.717, 1.165) is 13.1 Å². The first-order valence-electron chi connectivity index (χ1n) is 4.10. The zero-order chi connectivity index (χ0) is 8.55. The van der Waals surface area contributed by atoms with Gasteiger partial charge in [-0.25, -0.2) is 8.78 Å². The molecule has 0 spiro atoms. The van der Waals surface area contributed by atoms with Crippen molar-refractivity contribution >= 4 is 5.96 Å². The van der Waals surface area contributed by atoms with Gasteiger partial charge >= 0.3 is 0 Å². The highest BCUT2D eigenvalue weighted by atomic mass is 19.3. The van der Waals surface area contributed by atoms with E-state index in [-0.39, 0.29) is 6.04 Å². The van der Waals surface area contributed by atoms with E-state index in [2.05, 4.69) is 15.6 Å². The molecule has 1 fully saturated rings. The van der Waals surface area contributed by atoms with Crippen molar-refractivity contribution < 1.29 is 8.78 Å². The first-order valence-corrected chi connectivity index (χ1v) is 4.10. The van der Waals surface area contributed by atoms with E-state index in [1.165, 1.54) is 0 Å². The molecule has 0 amide bonds. The summed E-state index contributed by atoms with van der Waals surface area (Å²) in [7, 11) is 0. The van der Waals surface area contributed by atoms with Crippen molar-refractivity contribution in [2.45, 2.75) is 18.9 Å². The summed E-state index contributed by atoms with van der Waals surface area (Å²) in [6, 6.07) is -0.0608. The molecule has 2 N–H and O–H groups in total. The summed E-state index contributed by atoms with van der Waals surface area (Å²) in [4.78, 5) is 4.06. The Bertz CT molecular complexity index is 205. The quantitative estimate of drug-likeness (QED) is 0.628. The summed E-state index contributed by atoms with van der Waals surface area (Å²) >= 11 is 0. The van der Waals surface area contributed by atoms with E-state index in [4.69, 9.17) is 0 Å². The fourth-order valence-corrected chi connectivity index (χ4v) is 1.33. The predicted molar refractivity (Wildman–Crippen MR) is 41.3 cm³/mol. The van der Waals surface area contributed by atoms with Gasteiger partial charge in [0.05, 0.1) is 6.54 Å². The summed E-state index contributed by atoms with van der Waals surface area (Å²) < 4.78 is 24.1. The van der Waals surface area contributed by atoms with Crippen molar-refractivity contribution in [2.75, 3.05) is 13.1 Å². The topological polar surface area (TPSA) is 36.4 Å². The highest BCUT2D eigenvalue weighted by Gasteiger charge is 2.44. The average Bonchev–Trinajstić information content (AvgIpc) is 2.57. The molecule has 2 atom stereocenters. The van der Waals surface area contributed by atoms with E-state index in [0.29, 0.717) is 12.4 Å². The van der Waals surface area contributed by atoms with Gasteiger partial charge in [-0.1, -0.05) is 0 Å². The van der Waals surface area contributed by atoms with Crippen molar-refractivity contribution in [2.24, 2.45) is 10.9 Å². The van der Waals surface area contributed by atoms with Gasteiger partial charge in [-0.15, -0.1) is 0 Å². The first-order chi connectivity index (χ1) is 5.77. The Morgan fingerprint density at radius 1 is 1.58 bits per heavy atom. The second-order valence-electron chi connectivity index (χ2n) is 3.14. The van der Waals surface area contributed by atoms with Gasteiger partial charge < -0.3 is 10.6 Å². The number of halogens is 2. The fourth-order valence-electron chi connectivity index (χ4n) is 1.33.